The number of carbonyl (C=O) groups excluding carboxylic acids is 2. The maximum absolute atomic E-state index is 12.3. The van der Waals surface area contributed by atoms with Gasteiger partial charge in [0.05, 0.1) is 12.8 Å². The van der Waals surface area contributed by atoms with E-state index in [1.165, 1.54) is 6.42 Å². The van der Waals surface area contributed by atoms with Crippen LogP contribution < -0.4 is 10.6 Å². The van der Waals surface area contributed by atoms with E-state index in [1.54, 1.807) is 36.6 Å². The van der Waals surface area contributed by atoms with Gasteiger partial charge in [0, 0.05) is 6.04 Å². The molecule has 0 spiro atoms. The summed E-state index contributed by atoms with van der Waals surface area (Å²) in [6, 6.07) is 8.64. The molecule has 1 saturated carbocycles. The van der Waals surface area contributed by atoms with Crippen molar-refractivity contribution in [1.29, 1.82) is 0 Å². The molecule has 1 aliphatic rings. The van der Waals surface area contributed by atoms with Crippen LogP contribution in [0.2, 0.25) is 0 Å². The number of nitrogens with one attached hydrogen (secondary N) is 2. The van der Waals surface area contributed by atoms with Gasteiger partial charge in [-0.2, -0.15) is 0 Å². The van der Waals surface area contributed by atoms with Crippen LogP contribution in [0, 0.1) is 0 Å². The molecule has 6 heteroatoms. The molecule has 3 rings (SSSR count). The van der Waals surface area contributed by atoms with E-state index in [9.17, 15) is 9.59 Å². The van der Waals surface area contributed by atoms with Crippen molar-refractivity contribution in [2.45, 2.75) is 44.7 Å². The van der Waals surface area contributed by atoms with E-state index in [4.69, 9.17) is 4.42 Å². The number of aromatic nitrogens is 1. The first-order valence-corrected chi connectivity index (χ1v) is 8.31. The van der Waals surface area contributed by atoms with Crippen LogP contribution in [0.5, 0.6) is 0 Å². The van der Waals surface area contributed by atoms with Crippen LogP contribution in [-0.4, -0.2) is 22.8 Å². The quantitative estimate of drug-likeness (QED) is 0.884. The highest BCUT2D eigenvalue weighted by atomic mass is 16.3. The lowest BCUT2D eigenvalue weighted by molar-refractivity contribution is 0.0921. The highest BCUT2D eigenvalue weighted by Gasteiger charge is 2.18. The normalized spacial score (nSPS) is 15.0. The van der Waals surface area contributed by atoms with E-state index in [1.807, 2.05) is 0 Å². The van der Waals surface area contributed by atoms with Gasteiger partial charge >= 0.3 is 0 Å². The summed E-state index contributed by atoms with van der Waals surface area (Å²) in [5.74, 6) is 0.107. The van der Waals surface area contributed by atoms with Gasteiger partial charge in [-0.1, -0.05) is 25.3 Å². The minimum absolute atomic E-state index is 0.212. The molecule has 2 heterocycles. The van der Waals surface area contributed by atoms with Gasteiger partial charge in [-0.25, -0.2) is 4.98 Å². The number of amides is 2. The van der Waals surface area contributed by atoms with Gasteiger partial charge in [0.15, 0.2) is 0 Å². The molecule has 0 bridgehead atoms. The van der Waals surface area contributed by atoms with Crippen LogP contribution in [-0.2, 0) is 6.54 Å². The van der Waals surface area contributed by atoms with E-state index < -0.39 is 0 Å². The zero-order chi connectivity index (χ0) is 16.8. The first kappa shape index (κ1) is 16.2. The fourth-order valence-corrected chi connectivity index (χ4v) is 2.87. The molecule has 1 fully saturated rings. The topological polar surface area (TPSA) is 84.2 Å². The molecule has 126 valence electrons. The lowest BCUT2D eigenvalue weighted by Crippen LogP contribution is -2.36. The minimum Gasteiger partial charge on any atom is -0.467 e. The summed E-state index contributed by atoms with van der Waals surface area (Å²) in [4.78, 5) is 28.7. The van der Waals surface area contributed by atoms with Crippen molar-refractivity contribution in [3.63, 3.8) is 0 Å². The maximum atomic E-state index is 12.3. The number of furan rings is 1. The molecule has 0 radical (unpaired) electrons. The summed E-state index contributed by atoms with van der Waals surface area (Å²) in [5, 5.41) is 5.73. The maximum Gasteiger partial charge on any atom is 0.270 e. The van der Waals surface area contributed by atoms with Crippen LogP contribution in [0.15, 0.2) is 41.0 Å². The van der Waals surface area contributed by atoms with Crippen LogP contribution in [0.25, 0.3) is 0 Å². The monoisotopic (exact) mass is 327 g/mol. The van der Waals surface area contributed by atoms with Crippen molar-refractivity contribution in [3.8, 4) is 0 Å². The van der Waals surface area contributed by atoms with Crippen molar-refractivity contribution in [2.24, 2.45) is 0 Å². The lowest BCUT2D eigenvalue weighted by Gasteiger charge is -2.22. The van der Waals surface area contributed by atoms with Crippen molar-refractivity contribution in [1.82, 2.24) is 15.6 Å². The molecule has 0 aromatic carbocycles. The Hall–Kier alpha value is -2.63. The first-order valence-electron chi connectivity index (χ1n) is 8.31. The third-order valence-corrected chi connectivity index (χ3v) is 4.16. The highest BCUT2D eigenvalue weighted by Crippen LogP contribution is 2.17. The standard InChI is InChI=1S/C18H21N3O3/c22-17(19-12-14-8-5-11-24-14)15-9-4-10-16(21-15)18(23)20-13-6-2-1-3-7-13/h4-5,8-11,13H,1-3,6-7,12H2,(H,19,22)(H,20,23). The second-order valence-corrected chi connectivity index (χ2v) is 5.98. The number of pyridine rings is 1. The second-order valence-electron chi connectivity index (χ2n) is 5.98. The van der Waals surface area contributed by atoms with Gasteiger partial charge in [-0.3, -0.25) is 9.59 Å². The number of nitrogens with zero attached hydrogens (tertiary/aromatic N) is 1. The Morgan fingerprint density at radius 1 is 1.04 bits per heavy atom. The van der Waals surface area contributed by atoms with Crippen LogP contribution in [0.4, 0.5) is 0 Å². The van der Waals surface area contributed by atoms with Crippen molar-refractivity contribution in [2.75, 3.05) is 0 Å². The molecule has 0 aliphatic heterocycles. The van der Waals surface area contributed by atoms with E-state index in [0.717, 1.165) is 25.7 Å². The zero-order valence-corrected chi connectivity index (χ0v) is 13.5. The smallest absolute Gasteiger partial charge is 0.270 e. The number of hydrogen-bond acceptors (Lipinski definition) is 4. The number of rotatable bonds is 5. The Balaban J connectivity index is 1.60. The summed E-state index contributed by atoms with van der Waals surface area (Å²) in [6.07, 6.45) is 7.09. The molecule has 0 saturated heterocycles. The van der Waals surface area contributed by atoms with Gasteiger partial charge < -0.3 is 15.1 Å². The Bertz CT molecular complexity index is 691. The van der Waals surface area contributed by atoms with Crippen molar-refractivity contribution >= 4 is 11.8 Å². The molecule has 2 amide bonds. The molecular weight excluding hydrogens is 306 g/mol. The molecule has 1 aliphatic carbocycles. The molecule has 0 atom stereocenters. The third kappa shape index (κ3) is 4.22. The van der Waals surface area contributed by atoms with Crippen LogP contribution in [0.3, 0.4) is 0 Å². The summed E-state index contributed by atoms with van der Waals surface area (Å²) < 4.78 is 5.17. The van der Waals surface area contributed by atoms with Gasteiger partial charge in [0.2, 0.25) is 0 Å². The SMILES string of the molecule is O=C(NCc1ccco1)c1cccc(C(=O)NC2CCCCC2)n1. The second kappa shape index (κ2) is 7.77. The zero-order valence-electron chi connectivity index (χ0n) is 13.5. The largest absolute Gasteiger partial charge is 0.467 e. The lowest BCUT2D eigenvalue weighted by atomic mass is 9.95. The molecule has 24 heavy (non-hydrogen) atoms. The number of hydrogen-bond donors (Lipinski definition) is 2. The Labute approximate surface area is 140 Å². The molecule has 2 aromatic heterocycles. The van der Waals surface area contributed by atoms with E-state index in [0.29, 0.717) is 5.76 Å². The van der Waals surface area contributed by atoms with E-state index >= 15 is 0 Å². The van der Waals surface area contributed by atoms with Gasteiger partial charge in [0.25, 0.3) is 11.8 Å². The summed E-state index contributed by atoms with van der Waals surface area (Å²) in [6.45, 7) is 0.284. The summed E-state index contributed by atoms with van der Waals surface area (Å²) >= 11 is 0. The summed E-state index contributed by atoms with van der Waals surface area (Å²) in [5.41, 5.74) is 0.490. The average Bonchev–Trinajstić information content (AvgIpc) is 3.14. The van der Waals surface area contributed by atoms with Crippen molar-refractivity contribution < 1.29 is 14.0 Å². The van der Waals surface area contributed by atoms with E-state index in [-0.39, 0.29) is 35.8 Å². The predicted molar refractivity (Wildman–Crippen MR) is 88.5 cm³/mol. The molecule has 2 N–H and O–H groups in total. The average molecular weight is 327 g/mol. The van der Waals surface area contributed by atoms with Gasteiger partial charge in [-0.05, 0) is 37.1 Å². The highest BCUT2D eigenvalue weighted by molar-refractivity contribution is 5.96. The Morgan fingerprint density at radius 3 is 2.50 bits per heavy atom. The molecule has 2 aromatic rings. The van der Waals surface area contributed by atoms with Gasteiger partial charge in [0.1, 0.15) is 17.1 Å². The molecular formula is C18H21N3O3. The van der Waals surface area contributed by atoms with Crippen molar-refractivity contribution in [3.05, 3.63) is 53.7 Å². The molecule has 6 nitrogen and oxygen atoms in total. The predicted octanol–water partition coefficient (Wildman–Crippen LogP) is 2.67. The van der Waals surface area contributed by atoms with Gasteiger partial charge in [-0.15, -0.1) is 0 Å². The first-order chi connectivity index (χ1) is 11.7. The molecule has 0 unspecified atom stereocenters. The number of carbonyl (C=O) groups is 2. The minimum atomic E-state index is -0.335. The third-order valence-electron chi connectivity index (χ3n) is 4.16. The summed E-state index contributed by atoms with van der Waals surface area (Å²) in [7, 11) is 0. The Morgan fingerprint density at radius 2 is 1.79 bits per heavy atom. The van der Waals surface area contributed by atoms with E-state index in [2.05, 4.69) is 15.6 Å². The van der Waals surface area contributed by atoms with Crippen LogP contribution in [0.1, 0.15) is 58.8 Å². The Kier molecular flexibility index (Phi) is 5.25. The fourth-order valence-electron chi connectivity index (χ4n) is 2.87. The fraction of sp³-hybridized carbons (Fsp3) is 0.389. The van der Waals surface area contributed by atoms with Crippen LogP contribution >= 0.6 is 0 Å².